The minimum absolute atomic E-state index is 0.161. The van der Waals surface area contributed by atoms with Gasteiger partial charge in [0.2, 0.25) is 5.95 Å². The topological polar surface area (TPSA) is 50.1 Å². The minimum Gasteiger partial charge on any atom is -0.347 e. The first kappa shape index (κ1) is 20.5. The molecule has 1 saturated heterocycles. The van der Waals surface area contributed by atoms with Gasteiger partial charge < -0.3 is 4.90 Å². The summed E-state index contributed by atoms with van der Waals surface area (Å²) in [6.07, 6.45) is 5.94. The van der Waals surface area contributed by atoms with Crippen LogP contribution < -0.4 is 4.90 Å². The number of likely N-dealkylation sites (tertiary alicyclic amines) is 1. The second-order valence-corrected chi connectivity index (χ2v) is 8.07. The molecule has 1 atom stereocenters. The Balaban J connectivity index is 1.73. The molecule has 0 N–H and O–H groups in total. The Morgan fingerprint density at radius 2 is 2.07 bits per heavy atom. The molecule has 1 aliphatic heterocycles. The lowest BCUT2D eigenvalue weighted by molar-refractivity contribution is 0.244. The highest BCUT2D eigenvalue weighted by Gasteiger charge is 2.31. The Hall–Kier alpha value is -2.80. The predicted molar refractivity (Wildman–Crippen MR) is 117 cm³/mol. The van der Waals surface area contributed by atoms with E-state index in [1.807, 2.05) is 42.1 Å². The van der Waals surface area contributed by atoms with Crippen molar-refractivity contribution >= 4 is 5.95 Å². The second-order valence-electron chi connectivity index (χ2n) is 8.07. The average molecular weight is 409 g/mol. The van der Waals surface area contributed by atoms with Crippen LogP contribution in [0.3, 0.4) is 0 Å². The fourth-order valence-corrected chi connectivity index (χ4v) is 4.24. The van der Waals surface area contributed by atoms with Gasteiger partial charge in [-0.05, 0) is 50.9 Å². The van der Waals surface area contributed by atoms with Crippen LogP contribution in [0.15, 0.2) is 36.7 Å². The summed E-state index contributed by atoms with van der Waals surface area (Å²) in [4.78, 5) is 13.8. The van der Waals surface area contributed by atoms with Crippen LogP contribution in [0.25, 0.3) is 11.1 Å². The highest BCUT2D eigenvalue weighted by Crippen LogP contribution is 2.38. The number of anilines is 1. The molecule has 0 amide bonds. The van der Waals surface area contributed by atoms with Gasteiger partial charge in [-0.25, -0.2) is 14.4 Å². The van der Waals surface area contributed by atoms with E-state index in [4.69, 9.17) is 4.98 Å². The van der Waals surface area contributed by atoms with Crippen LogP contribution in [-0.4, -0.2) is 45.3 Å². The average Bonchev–Trinajstić information content (AvgIpc) is 3.34. The first-order valence-corrected chi connectivity index (χ1v) is 10.5. The molecule has 3 heterocycles. The van der Waals surface area contributed by atoms with Crippen LogP contribution in [0.5, 0.6) is 0 Å². The summed E-state index contributed by atoms with van der Waals surface area (Å²) >= 11 is 0. The Bertz CT molecular complexity index is 1030. The van der Waals surface area contributed by atoms with E-state index < -0.39 is 0 Å². The highest BCUT2D eigenvalue weighted by molar-refractivity contribution is 5.66. The molecular weight excluding hydrogens is 379 g/mol. The largest absolute Gasteiger partial charge is 0.347 e. The predicted octanol–water partition coefficient (Wildman–Crippen LogP) is 4.21. The Morgan fingerprint density at radius 1 is 1.23 bits per heavy atom. The van der Waals surface area contributed by atoms with Crippen LogP contribution in [0.4, 0.5) is 10.3 Å². The van der Waals surface area contributed by atoms with E-state index in [9.17, 15) is 4.39 Å². The van der Waals surface area contributed by atoms with Crippen molar-refractivity contribution in [3.8, 4) is 11.1 Å². The molecule has 0 saturated carbocycles. The molecule has 1 aromatic carbocycles. The zero-order valence-corrected chi connectivity index (χ0v) is 18.1. The summed E-state index contributed by atoms with van der Waals surface area (Å²) in [7, 11) is 3.88. The molecule has 6 nitrogen and oxygen atoms in total. The molecule has 0 bridgehead atoms. The number of aryl methyl sites for hydroxylation is 1. The zero-order chi connectivity index (χ0) is 21.3. The molecule has 30 heavy (non-hydrogen) atoms. The number of benzene rings is 1. The van der Waals surface area contributed by atoms with Gasteiger partial charge in [0.25, 0.3) is 0 Å². The van der Waals surface area contributed by atoms with Crippen LogP contribution in [0.2, 0.25) is 0 Å². The smallest absolute Gasteiger partial charge is 0.225 e. The molecule has 3 aromatic rings. The van der Waals surface area contributed by atoms with Crippen molar-refractivity contribution in [1.29, 1.82) is 0 Å². The van der Waals surface area contributed by atoms with Gasteiger partial charge in [-0.15, -0.1) is 0 Å². The third kappa shape index (κ3) is 3.94. The SMILES string of the molecule is CCn1ncc(CN2CCC[C@@H]2c2nc(N(C)C)ncc2-c2cccc(F)c2)c1C. The lowest BCUT2D eigenvalue weighted by atomic mass is 9.99. The maximum absolute atomic E-state index is 13.9. The molecule has 1 fully saturated rings. The summed E-state index contributed by atoms with van der Waals surface area (Å²) in [6.45, 7) is 6.95. The van der Waals surface area contributed by atoms with Gasteiger partial charge in [-0.1, -0.05) is 12.1 Å². The monoisotopic (exact) mass is 408 g/mol. The van der Waals surface area contributed by atoms with Gasteiger partial charge in [-0.2, -0.15) is 5.10 Å². The minimum atomic E-state index is -0.249. The fraction of sp³-hybridized carbons (Fsp3) is 0.435. The highest BCUT2D eigenvalue weighted by atomic mass is 19.1. The molecule has 0 radical (unpaired) electrons. The second kappa shape index (κ2) is 8.52. The van der Waals surface area contributed by atoms with Gasteiger partial charge in [-0.3, -0.25) is 9.58 Å². The van der Waals surface area contributed by atoms with Crippen molar-refractivity contribution < 1.29 is 4.39 Å². The third-order valence-electron chi connectivity index (χ3n) is 5.90. The number of hydrogen-bond donors (Lipinski definition) is 0. The fourth-order valence-electron chi connectivity index (χ4n) is 4.24. The van der Waals surface area contributed by atoms with Crippen LogP contribution in [0.1, 0.15) is 42.8 Å². The number of halogens is 1. The van der Waals surface area contributed by atoms with Gasteiger partial charge in [0.1, 0.15) is 5.82 Å². The van der Waals surface area contributed by atoms with E-state index in [2.05, 4.69) is 28.8 Å². The quantitative estimate of drug-likeness (QED) is 0.612. The summed E-state index contributed by atoms with van der Waals surface area (Å²) < 4.78 is 16.0. The Labute approximate surface area is 177 Å². The third-order valence-corrected chi connectivity index (χ3v) is 5.90. The molecule has 1 aliphatic rings. The van der Waals surface area contributed by atoms with Crippen molar-refractivity contribution in [2.75, 3.05) is 25.5 Å². The molecule has 158 valence electrons. The molecular formula is C23H29FN6. The van der Waals surface area contributed by atoms with E-state index in [0.717, 1.165) is 49.3 Å². The first-order chi connectivity index (χ1) is 14.5. The Morgan fingerprint density at radius 3 is 2.77 bits per heavy atom. The van der Waals surface area contributed by atoms with Crippen molar-refractivity contribution in [2.24, 2.45) is 0 Å². The van der Waals surface area contributed by atoms with Crippen molar-refractivity contribution in [1.82, 2.24) is 24.6 Å². The summed E-state index contributed by atoms with van der Waals surface area (Å²) in [6, 6.07) is 6.85. The number of rotatable bonds is 6. The van der Waals surface area contributed by atoms with Crippen LogP contribution in [-0.2, 0) is 13.1 Å². The summed E-state index contributed by atoms with van der Waals surface area (Å²) in [5, 5.41) is 4.50. The molecule has 0 aliphatic carbocycles. The molecule has 4 rings (SSSR count). The number of aromatic nitrogens is 4. The van der Waals surface area contributed by atoms with Crippen LogP contribution in [0, 0.1) is 12.7 Å². The van der Waals surface area contributed by atoms with Gasteiger partial charge in [0, 0.05) is 50.2 Å². The van der Waals surface area contributed by atoms with Gasteiger partial charge >= 0.3 is 0 Å². The molecule has 0 spiro atoms. The molecule has 2 aromatic heterocycles. The Kier molecular flexibility index (Phi) is 5.81. The molecule has 0 unspecified atom stereocenters. The van der Waals surface area contributed by atoms with Crippen LogP contribution >= 0.6 is 0 Å². The molecule has 7 heteroatoms. The van der Waals surface area contributed by atoms with Gasteiger partial charge in [0.15, 0.2) is 0 Å². The number of hydrogen-bond acceptors (Lipinski definition) is 5. The van der Waals surface area contributed by atoms with E-state index in [1.54, 1.807) is 12.1 Å². The van der Waals surface area contributed by atoms with E-state index in [-0.39, 0.29) is 11.9 Å². The van der Waals surface area contributed by atoms with E-state index >= 15 is 0 Å². The maximum Gasteiger partial charge on any atom is 0.225 e. The van der Waals surface area contributed by atoms with Crippen molar-refractivity contribution in [2.45, 2.75) is 45.8 Å². The normalized spacial score (nSPS) is 16.9. The first-order valence-electron chi connectivity index (χ1n) is 10.5. The van der Waals surface area contributed by atoms with Gasteiger partial charge in [0.05, 0.1) is 17.9 Å². The van der Waals surface area contributed by atoms with E-state index in [1.165, 1.54) is 17.3 Å². The van der Waals surface area contributed by atoms with Crippen molar-refractivity contribution in [3.05, 3.63) is 59.4 Å². The summed E-state index contributed by atoms with van der Waals surface area (Å²) in [5.41, 5.74) is 5.15. The number of nitrogens with zero attached hydrogens (tertiary/aromatic N) is 6. The van der Waals surface area contributed by atoms with Crippen molar-refractivity contribution in [3.63, 3.8) is 0 Å². The maximum atomic E-state index is 13.9. The van der Waals surface area contributed by atoms with E-state index in [0.29, 0.717) is 5.95 Å². The lowest BCUT2D eigenvalue weighted by Crippen LogP contribution is -2.25. The lowest BCUT2D eigenvalue weighted by Gasteiger charge is -2.26. The standard InChI is InChI=1S/C23H29FN6/c1-5-30-16(2)18(13-26-30)15-29-11-7-10-21(29)22-20(14-25-23(27-22)28(3)4)17-8-6-9-19(24)12-17/h6,8-9,12-14,21H,5,7,10-11,15H2,1-4H3/t21-/m1/s1. The summed E-state index contributed by atoms with van der Waals surface area (Å²) in [5.74, 6) is 0.424. The zero-order valence-electron chi connectivity index (χ0n) is 18.1.